The summed E-state index contributed by atoms with van der Waals surface area (Å²) < 4.78 is 36.4. The molecule has 9 heteroatoms. The number of pyridine rings is 1. The average Bonchev–Trinajstić information content (AvgIpc) is 3.45. The molecule has 6 nitrogen and oxygen atoms in total. The summed E-state index contributed by atoms with van der Waals surface area (Å²) in [5, 5.41) is 2.76. The lowest BCUT2D eigenvalue weighted by molar-refractivity contribution is 0.188. The molecule has 2 aromatic heterocycles. The molecule has 4 heterocycles. The maximum atomic E-state index is 16.4. The standard InChI is InChI=1S/C30H30ClF2N5O/c1-37-15-20(32)11-21(37)16-39-30-35-28-23(29(36-30)38-13-17-8-9-18(10-17)14-38)12-34-27(26(28)33)22-6-2-4-19-5-3-7-24(31)25(19)22/h2-7,12,17-18,20-21H,8-11,13-16H2,1H3/t17?,18?,20-,21+/m1/s1. The van der Waals surface area contributed by atoms with Gasteiger partial charge in [0.2, 0.25) is 0 Å². The summed E-state index contributed by atoms with van der Waals surface area (Å²) >= 11 is 6.56. The summed E-state index contributed by atoms with van der Waals surface area (Å²) in [7, 11) is 1.89. The van der Waals surface area contributed by atoms with Crippen molar-refractivity contribution < 1.29 is 13.5 Å². The fourth-order valence-electron chi connectivity index (χ4n) is 6.77. The Morgan fingerprint density at radius 3 is 2.54 bits per heavy atom. The average molecular weight is 550 g/mol. The van der Waals surface area contributed by atoms with Crippen LogP contribution in [0.5, 0.6) is 6.01 Å². The zero-order chi connectivity index (χ0) is 26.7. The smallest absolute Gasteiger partial charge is 0.319 e. The predicted molar refractivity (Wildman–Crippen MR) is 150 cm³/mol. The molecule has 2 unspecified atom stereocenters. The van der Waals surface area contributed by atoms with Gasteiger partial charge < -0.3 is 9.64 Å². The van der Waals surface area contributed by atoms with E-state index in [0.29, 0.717) is 46.6 Å². The van der Waals surface area contributed by atoms with Crippen LogP contribution in [-0.2, 0) is 0 Å². The molecule has 4 aromatic rings. The Balaban J connectivity index is 1.34. The minimum atomic E-state index is -0.876. The lowest BCUT2D eigenvalue weighted by Crippen LogP contribution is -2.37. The molecule has 1 aliphatic carbocycles. The first kappa shape index (κ1) is 24.9. The van der Waals surface area contributed by atoms with Crippen LogP contribution in [-0.4, -0.2) is 65.4 Å². The number of alkyl halides is 1. The minimum absolute atomic E-state index is 0.0794. The number of likely N-dealkylation sites (tertiary alicyclic amines) is 1. The second kappa shape index (κ2) is 9.82. The highest BCUT2D eigenvalue weighted by atomic mass is 35.5. The Morgan fingerprint density at radius 2 is 1.79 bits per heavy atom. The highest BCUT2D eigenvalue weighted by Gasteiger charge is 2.35. The van der Waals surface area contributed by atoms with Crippen molar-refractivity contribution in [1.29, 1.82) is 0 Å². The number of fused-ring (bicyclic) bond motifs is 4. The number of halogens is 3. The Kier molecular flexibility index (Phi) is 6.27. The van der Waals surface area contributed by atoms with Gasteiger partial charge in [0.1, 0.15) is 29.8 Å². The van der Waals surface area contributed by atoms with Crippen molar-refractivity contribution in [3.63, 3.8) is 0 Å². The van der Waals surface area contributed by atoms with E-state index in [9.17, 15) is 4.39 Å². The van der Waals surface area contributed by atoms with Gasteiger partial charge in [-0.3, -0.25) is 9.88 Å². The molecule has 7 rings (SSSR count). The minimum Gasteiger partial charge on any atom is -0.462 e. The normalized spacial score (nSPS) is 25.2. The number of likely N-dealkylation sites (N-methyl/N-ethyl adjacent to an activating group) is 1. The van der Waals surface area contributed by atoms with Gasteiger partial charge in [0.05, 0.1) is 5.39 Å². The van der Waals surface area contributed by atoms with Crippen molar-refractivity contribution in [2.75, 3.05) is 38.2 Å². The second-order valence-corrected chi connectivity index (χ2v) is 11.8. The van der Waals surface area contributed by atoms with E-state index in [-0.39, 0.29) is 29.9 Å². The maximum absolute atomic E-state index is 16.4. The Labute approximate surface area is 231 Å². The van der Waals surface area contributed by atoms with Crippen LogP contribution >= 0.6 is 11.6 Å². The van der Waals surface area contributed by atoms with E-state index in [1.54, 1.807) is 12.3 Å². The van der Waals surface area contributed by atoms with Gasteiger partial charge in [-0.1, -0.05) is 41.9 Å². The van der Waals surface area contributed by atoms with Crippen molar-refractivity contribution >= 4 is 39.1 Å². The van der Waals surface area contributed by atoms with Gasteiger partial charge in [-0.15, -0.1) is 0 Å². The summed E-state index contributed by atoms with van der Waals surface area (Å²) in [4.78, 5) is 18.1. The quantitative estimate of drug-likeness (QED) is 0.291. The number of aromatic nitrogens is 3. The van der Waals surface area contributed by atoms with Crippen molar-refractivity contribution in [3.05, 3.63) is 53.4 Å². The molecule has 0 radical (unpaired) electrons. The molecule has 3 fully saturated rings. The maximum Gasteiger partial charge on any atom is 0.319 e. The van der Waals surface area contributed by atoms with E-state index in [4.69, 9.17) is 21.3 Å². The summed E-state index contributed by atoms with van der Waals surface area (Å²) in [6.45, 7) is 2.37. The molecule has 2 saturated heterocycles. The highest BCUT2D eigenvalue weighted by molar-refractivity contribution is 6.36. The van der Waals surface area contributed by atoms with Gasteiger partial charge in [-0.25, -0.2) is 8.78 Å². The van der Waals surface area contributed by atoms with E-state index < -0.39 is 12.0 Å². The number of hydrogen-bond donors (Lipinski definition) is 0. The molecule has 2 aliphatic heterocycles. The fraction of sp³-hybridized carbons (Fsp3) is 0.433. The summed E-state index contributed by atoms with van der Waals surface area (Å²) in [5.41, 5.74) is 0.967. The number of anilines is 1. The first-order valence-corrected chi connectivity index (χ1v) is 14.1. The lowest BCUT2D eigenvalue weighted by atomic mass is 9.98. The summed E-state index contributed by atoms with van der Waals surface area (Å²) in [5.74, 6) is 1.35. The third-order valence-corrected chi connectivity index (χ3v) is 9.02. The molecular formula is C30H30ClF2N5O. The first-order valence-electron chi connectivity index (χ1n) is 13.7. The highest BCUT2D eigenvalue weighted by Crippen LogP contribution is 2.41. The molecule has 39 heavy (non-hydrogen) atoms. The van der Waals surface area contributed by atoms with Crippen molar-refractivity contribution in [2.45, 2.75) is 37.9 Å². The van der Waals surface area contributed by atoms with Crippen LogP contribution in [0.2, 0.25) is 5.02 Å². The molecule has 1 saturated carbocycles. The van der Waals surface area contributed by atoms with E-state index in [2.05, 4.69) is 14.9 Å². The van der Waals surface area contributed by atoms with Crippen LogP contribution in [0.1, 0.15) is 25.7 Å². The topological polar surface area (TPSA) is 54.4 Å². The van der Waals surface area contributed by atoms with Crippen molar-refractivity contribution in [2.24, 2.45) is 11.8 Å². The second-order valence-electron chi connectivity index (χ2n) is 11.3. The third kappa shape index (κ3) is 4.47. The largest absolute Gasteiger partial charge is 0.462 e. The zero-order valence-corrected chi connectivity index (χ0v) is 22.5. The van der Waals surface area contributed by atoms with Crippen molar-refractivity contribution in [1.82, 2.24) is 19.9 Å². The molecular weight excluding hydrogens is 520 g/mol. The van der Waals surface area contributed by atoms with Crippen molar-refractivity contribution in [3.8, 4) is 17.3 Å². The van der Waals surface area contributed by atoms with Gasteiger partial charge in [0.25, 0.3) is 0 Å². The number of rotatable bonds is 5. The molecule has 2 aromatic carbocycles. The zero-order valence-electron chi connectivity index (χ0n) is 21.8. The van der Waals surface area contributed by atoms with Crippen LogP contribution in [0, 0.1) is 17.7 Å². The van der Waals surface area contributed by atoms with Crippen LogP contribution in [0.3, 0.4) is 0 Å². The molecule has 0 N–H and O–H groups in total. The van der Waals surface area contributed by atoms with E-state index in [1.807, 2.05) is 42.3 Å². The molecule has 202 valence electrons. The molecule has 0 amide bonds. The fourth-order valence-corrected chi connectivity index (χ4v) is 7.05. The Hall–Kier alpha value is -3.10. The Morgan fingerprint density at radius 1 is 1.03 bits per heavy atom. The van der Waals surface area contributed by atoms with Gasteiger partial charge >= 0.3 is 6.01 Å². The number of nitrogens with zero attached hydrogens (tertiary/aromatic N) is 5. The molecule has 2 bridgehead atoms. The van der Waals surface area contributed by atoms with Gasteiger partial charge in [0, 0.05) is 47.8 Å². The lowest BCUT2D eigenvalue weighted by Gasteiger charge is -2.33. The van der Waals surface area contributed by atoms with E-state index in [1.165, 1.54) is 19.3 Å². The number of piperidine rings is 1. The van der Waals surface area contributed by atoms with Crippen LogP contribution in [0.4, 0.5) is 14.6 Å². The first-order chi connectivity index (χ1) is 18.9. The SMILES string of the molecule is CN1C[C@H](F)C[C@H]1COc1nc(N2CC3CCC(C3)C2)c2cnc(-c3cccc4cccc(Cl)c34)c(F)c2n1. The van der Waals surface area contributed by atoms with Gasteiger partial charge in [-0.05, 0) is 56.0 Å². The van der Waals surface area contributed by atoms with Gasteiger partial charge in [-0.2, -0.15) is 9.97 Å². The van der Waals surface area contributed by atoms with E-state index >= 15 is 4.39 Å². The molecule has 4 atom stereocenters. The number of benzene rings is 2. The number of ether oxygens (including phenoxy) is 1. The van der Waals surface area contributed by atoms with Crippen LogP contribution < -0.4 is 9.64 Å². The van der Waals surface area contributed by atoms with Crippen LogP contribution in [0.15, 0.2) is 42.6 Å². The van der Waals surface area contributed by atoms with Gasteiger partial charge in [0.15, 0.2) is 5.82 Å². The van der Waals surface area contributed by atoms with Crippen LogP contribution in [0.25, 0.3) is 32.9 Å². The molecule has 0 spiro atoms. The monoisotopic (exact) mass is 549 g/mol. The third-order valence-electron chi connectivity index (χ3n) is 8.70. The number of hydrogen-bond acceptors (Lipinski definition) is 6. The summed E-state index contributed by atoms with van der Waals surface area (Å²) in [6.07, 6.45) is 4.86. The predicted octanol–water partition coefficient (Wildman–Crippen LogP) is 6.29. The Bertz CT molecular complexity index is 1550. The molecule has 3 aliphatic rings. The summed E-state index contributed by atoms with van der Waals surface area (Å²) in [6, 6.07) is 11.3. The van der Waals surface area contributed by atoms with E-state index in [0.717, 1.165) is 23.9 Å².